The molecule has 0 aliphatic heterocycles. The Labute approximate surface area is 449 Å². The van der Waals surface area contributed by atoms with Gasteiger partial charge in [-0.05, 0) is 77.0 Å². The van der Waals surface area contributed by atoms with Crippen molar-refractivity contribution in [1.82, 2.24) is 5.32 Å². The average Bonchev–Trinajstić information content (AvgIpc) is 3.38. The first kappa shape index (κ1) is 70.1. The first-order valence-corrected chi connectivity index (χ1v) is 32.3. The second-order valence-electron chi connectivity index (χ2n) is 22.1. The van der Waals surface area contributed by atoms with E-state index in [1.54, 1.807) is 6.08 Å². The van der Waals surface area contributed by atoms with Gasteiger partial charge in [-0.3, -0.25) is 9.59 Å². The Balaban J connectivity index is 3.32. The topological polar surface area (TPSA) is 95.9 Å². The molecule has 0 aliphatic carbocycles. The molecule has 0 saturated heterocycles. The van der Waals surface area contributed by atoms with Gasteiger partial charge in [0.15, 0.2) is 0 Å². The average molecular weight is 1010 g/mol. The molecule has 0 aliphatic rings. The summed E-state index contributed by atoms with van der Waals surface area (Å²) in [6.07, 6.45) is 78.0. The van der Waals surface area contributed by atoms with Gasteiger partial charge in [0.1, 0.15) is 0 Å². The monoisotopic (exact) mass is 1010 g/mol. The van der Waals surface area contributed by atoms with Crippen molar-refractivity contribution >= 4 is 11.9 Å². The van der Waals surface area contributed by atoms with E-state index in [2.05, 4.69) is 43.5 Å². The van der Waals surface area contributed by atoms with E-state index < -0.39 is 12.1 Å². The SMILES string of the molecule is CCCC/C=C\CCCCCCCC(=O)OCCCCCCCCCCCCCCCC/C=C\CCCCCCCCCCCCCCCCCCCC(=O)NC(CO)C(O)/C=C/CCCCCCCCC. The molecule has 0 aromatic heterocycles. The van der Waals surface area contributed by atoms with E-state index in [1.165, 1.54) is 276 Å². The molecule has 0 saturated carbocycles. The van der Waals surface area contributed by atoms with Crippen molar-refractivity contribution in [1.29, 1.82) is 0 Å². The number of carbonyl (C=O) groups excluding carboxylic acids is 2. The number of hydrogen-bond acceptors (Lipinski definition) is 5. The molecule has 2 atom stereocenters. The van der Waals surface area contributed by atoms with E-state index in [9.17, 15) is 19.8 Å². The molecule has 1 amide bonds. The minimum Gasteiger partial charge on any atom is -0.466 e. The highest BCUT2D eigenvalue weighted by atomic mass is 16.5. The standard InChI is InChI=1S/C66H125NO5/c1-3-5-7-9-11-13-39-44-48-52-56-60-66(71)72-61-57-53-49-45-41-38-36-34-32-30-28-26-24-22-20-18-16-14-15-17-19-21-23-25-27-29-31-33-35-37-40-43-47-51-55-59-65(70)67-63(62-68)64(69)58-54-50-46-42-12-10-8-6-4-2/h9,11,16,18,54,58,63-64,68-69H,3-8,10,12-15,17,19-53,55-57,59-62H2,1-2H3,(H,67,70)/b11-9-,18-16-,58-54+. The van der Waals surface area contributed by atoms with Gasteiger partial charge in [0.2, 0.25) is 5.91 Å². The van der Waals surface area contributed by atoms with Gasteiger partial charge in [-0.2, -0.15) is 0 Å². The summed E-state index contributed by atoms with van der Waals surface area (Å²) >= 11 is 0. The fraction of sp³-hybridized carbons (Fsp3) is 0.879. The Morgan fingerprint density at radius 2 is 0.667 bits per heavy atom. The molecule has 0 aromatic carbocycles. The molecule has 2 unspecified atom stereocenters. The molecule has 424 valence electrons. The minimum absolute atomic E-state index is 0.00865. The number of hydrogen-bond donors (Lipinski definition) is 3. The third kappa shape index (κ3) is 57.4. The maximum absolute atomic E-state index is 12.4. The van der Waals surface area contributed by atoms with Crippen LogP contribution in [0.4, 0.5) is 0 Å². The van der Waals surface area contributed by atoms with Crippen LogP contribution >= 0.6 is 0 Å². The number of carbonyl (C=O) groups is 2. The lowest BCUT2D eigenvalue weighted by Crippen LogP contribution is -2.45. The van der Waals surface area contributed by atoms with Crippen LogP contribution in [0.5, 0.6) is 0 Å². The zero-order chi connectivity index (χ0) is 52.2. The lowest BCUT2D eigenvalue weighted by Gasteiger charge is -2.20. The Hall–Kier alpha value is -1.92. The van der Waals surface area contributed by atoms with Crippen molar-refractivity contribution in [3.05, 3.63) is 36.5 Å². The fourth-order valence-electron chi connectivity index (χ4n) is 9.91. The van der Waals surface area contributed by atoms with Crippen LogP contribution in [-0.2, 0) is 14.3 Å². The van der Waals surface area contributed by atoms with E-state index in [0.717, 1.165) is 44.9 Å². The number of ether oxygens (including phenoxy) is 1. The van der Waals surface area contributed by atoms with Crippen LogP contribution in [0, 0.1) is 0 Å². The molecule has 6 nitrogen and oxygen atoms in total. The summed E-state index contributed by atoms with van der Waals surface area (Å²) in [4.78, 5) is 24.4. The molecule has 0 rings (SSSR count). The summed E-state index contributed by atoms with van der Waals surface area (Å²) in [6.45, 7) is 4.85. The first-order valence-electron chi connectivity index (χ1n) is 32.3. The van der Waals surface area contributed by atoms with Crippen molar-refractivity contribution < 1.29 is 24.5 Å². The van der Waals surface area contributed by atoms with Gasteiger partial charge in [-0.1, -0.05) is 294 Å². The van der Waals surface area contributed by atoms with E-state index >= 15 is 0 Å². The molecule has 0 radical (unpaired) electrons. The summed E-state index contributed by atoms with van der Waals surface area (Å²) in [5.41, 5.74) is 0. The lowest BCUT2D eigenvalue weighted by molar-refractivity contribution is -0.143. The van der Waals surface area contributed by atoms with Gasteiger partial charge in [0.05, 0.1) is 25.4 Å². The molecule has 3 N–H and O–H groups in total. The van der Waals surface area contributed by atoms with Crippen LogP contribution in [0.3, 0.4) is 0 Å². The van der Waals surface area contributed by atoms with Crippen molar-refractivity contribution in [3.8, 4) is 0 Å². The molecule has 0 bridgehead atoms. The van der Waals surface area contributed by atoms with E-state index in [0.29, 0.717) is 19.4 Å². The number of allylic oxidation sites excluding steroid dienone is 5. The smallest absolute Gasteiger partial charge is 0.305 e. The quantitative estimate of drug-likeness (QED) is 0.0320. The number of aliphatic hydroxyl groups is 2. The summed E-state index contributed by atoms with van der Waals surface area (Å²) < 4.78 is 5.46. The summed E-state index contributed by atoms with van der Waals surface area (Å²) in [7, 11) is 0. The third-order valence-corrected chi connectivity index (χ3v) is 14.9. The van der Waals surface area contributed by atoms with Crippen LogP contribution in [-0.4, -0.2) is 47.4 Å². The molecule has 0 aromatic rings. The minimum atomic E-state index is -0.839. The van der Waals surface area contributed by atoms with Gasteiger partial charge in [0.25, 0.3) is 0 Å². The number of amides is 1. The Morgan fingerprint density at radius 1 is 0.375 bits per heavy atom. The number of aliphatic hydroxyl groups excluding tert-OH is 2. The Kier molecular flexibility index (Phi) is 60.0. The zero-order valence-corrected chi connectivity index (χ0v) is 48.4. The molecule has 0 fully saturated rings. The van der Waals surface area contributed by atoms with Crippen molar-refractivity contribution in [2.24, 2.45) is 0 Å². The zero-order valence-electron chi connectivity index (χ0n) is 48.4. The van der Waals surface area contributed by atoms with Gasteiger partial charge >= 0.3 is 5.97 Å². The van der Waals surface area contributed by atoms with Gasteiger partial charge < -0.3 is 20.3 Å². The third-order valence-electron chi connectivity index (χ3n) is 14.9. The number of unbranched alkanes of at least 4 members (excludes halogenated alkanes) is 45. The highest BCUT2D eigenvalue weighted by Gasteiger charge is 2.18. The van der Waals surface area contributed by atoms with E-state index in [4.69, 9.17) is 4.74 Å². The number of nitrogens with one attached hydrogen (secondary N) is 1. The maximum Gasteiger partial charge on any atom is 0.305 e. The second kappa shape index (κ2) is 61.6. The highest BCUT2D eigenvalue weighted by molar-refractivity contribution is 5.76. The predicted molar refractivity (Wildman–Crippen MR) is 315 cm³/mol. The summed E-state index contributed by atoms with van der Waals surface area (Å²) in [5.74, 6) is -0.0577. The molecule has 6 heteroatoms. The van der Waals surface area contributed by atoms with E-state index in [1.807, 2.05) is 6.08 Å². The largest absolute Gasteiger partial charge is 0.466 e. The van der Waals surface area contributed by atoms with Crippen LogP contribution < -0.4 is 5.32 Å². The van der Waals surface area contributed by atoms with Crippen LogP contribution in [0.1, 0.15) is 348 Å². The lowest BCUT2D eigenvalue weighted by atomic mass is 10.0. The van der Waals surface area contributed by atoms with Gasteiger partial charge in [0, 0.05) is 12.8 Å². The molecule has 0 spiro atoms. The van der Waals surface area contributed by atoms with Crippen molar-refractivity contribution in [3.63, 3.8) is 0 Å². The molecule has 72 heavy (non-hydrogen) atoms. The number of rotatable bonds is 60. The fourth-order valence-corrected chi connectivity index (χ4v) is 9.91. The summed E-state index contributed by atoms with van der Waals surface area (Å²) in [5, 5.41) is 23.0. The van der Waals surface area contributed by atoms with Gasteiger partial charge in [-0.25, -0.2) is 0 Å². The van der Waals surface area contributed by atoms with Gasteiger partial charge in [-0.15, -0.1) is 0 Å². The van der Waals surface area contributed by atoms with E-state index in [-0.39, 0.29) is 18.5 Å². The second-order valence-corrected chi connectivity index (χ2v) is 22.1. The number of esters is 1. The van der Waals surface area contributed by atoms with Crippen LogP contribution in [0.2, 0.25) is 0 Å². The Morgan fingerprint density at radius 3 is 1.03 bits per heavy atom. The highest BCUT2D eigenvalue weighted by Crippen LogP contribution is 2.17. The first-order chi connectivity index (χ1) is 35.5. The predicted octanol–water partition coefficient (Wildman–Crippen LogP) is 20.4. The van der Waals surface area contributed by atoms with Crippen molar-refractivity contribution in [2.45, 2.75) is 360 Å². The van der Waals surface area contributed by atoms with Crippen LogP contribution in [0.25, 0.3) is 0 Å². The maximum atomic E-state index is 12.4. The van der Waals surface area contributed by atoms with Crippen LogP contribution in [0.15, 0.2) is 36.5 Å². The molecular formula is C66H125NO5. The molecular weight excluding hydrogens is 887 g/mol. The molecule has 0 heterocycles. The van der Waals surface area contributed by atoms with Crippen molar-refractivity contribution in [2.75, 3.05) is 13.2 Å². The normalized spacial score (nSPS) is 12.8. The summed E-state index contributed by atoms with van der Waals surface area (Å²) in [6, 6.07) is -0.623. The Bertz CT molecular complexity index is 1170.